The molecule has 0 saturated carbocycles. The molecule has 0 fully saturated rings. The molecule has 3 rings (SSSR count). The van der Waals surface area contributed by atoms with Crippen molar-refractivity contribution >= 4 is 22.9 Å². The van der Waals surface area contributed by atoms with E-state index in [9.17, 15) is 14.9 Å². The molecule has 0 radical (unpaired) electrons. The zero-order valence-electron chi connectivity index (χ0n) is 10.5. The van der Waals surface area contributed by atoms with Crippen molar-refractivity contribution in [1.29, 1.82) is 0 Å². The van der Waals surface area contributed by atoms with E-state index >= 15 is 0 Å². The summed E-state index contributed by atoms with van der Waals surface area (Å²) in [5, 5.41) is 17.7. The van der Waals surface area contributed by atoms with Crippen LogP contribution in [0, 0.1) is 10.1 Å². The molecular weight excluding hydrogens is 276 g/mol. The number of carbonyl (C=O) groups is 1. The molecule has 1 aromatic carbocycles. The highest BCUT2D eigenvalue weighted by Gasteiger charge is 2.09. The second kappa shape index (κ2) is 5.00. The Morgan fingerprint density at radius 2 is 2.14 bits per heavy atom. The molecule has 0 amide bonds. The van der Waals surface area contributed by atoms with Crippen molar-refractivity contribution in [3.8, 4) is 11.6 Å². The Kier molecular flexibility index (Phi) is 3.03. The number of nitrogens with zero attached hydrogens (tertiary/aromatic N) is 3. The quantitative estimate of drug-likeness (QED) is 0.447. The van der Waals surface area contributed by atoms with Gasteiger partial charge < -0.3 is 4.74 Å². The number of hydrogen-bond acceptors (Lipinski definition) is 6. The van der Waals surface area contributed by atoms with E-state index in [1.807, 2.05) is 0 Å². The molecule has 0 spiro atoms. The molecule has 0 aliphatic heterocycles. The van der Waals surface area contributed by atoms with Crippen LogP contribution in [0.2, 0.25) is 0 Å². The van der Waals surface area contributed by atoms with Gasteiger partial charge in [0.05, 0.1) is 10.4 Å². The van der Waals surface area contributed by atoms with Crippen LogP contribution in [0.3, 0.4) is 0 Å². The molecular formula is C13H8N4O4. The molecule has 0 unspecified atom stereocenters. The number of aromatic amines is 1. The monoisotopic (exact) mass is 284 g/mol. The van der Waals surface area contributed by atoms with Crippen molar-refractivity contribution in [3.63, 3.8) is 0 Å². The Hall–Kier alpha value is -3.29. The number of aromatic nitrogens is 3. The minimum atomic E-state index is -0.537. The zero-order chi connectivity index (χ0) is 14.8. The van der Waals surface area contributed by atoms with Crippen molar-refractivity contribution in [2.75, 3.05) is 0 Å². The number of pyridine rings is 1. The van der Waals surface area contributed by atoms with E-state index in [0.29, 0.717) is 28.6 Å². The van der Waals surface area contributed by atoms with E-state index in [4.69, 9.17) is 4.74 Å². The van der Waals surface area contributed by atoms with E-state index in [2.05, 4.69) is 15.2 Å². The van der Waals surface area contributed by atoms with E-state index in [0.717, 1.165) is 6.20 Å². The number of H-pyrrole nitrogens is 1. The number of carbonyl (C=O) groups excluding carboxylic acids is 1. The number of aldehydes is 1. The lowest BCUT2D eigenvalue weighted by Crippen LogP contribution is -1.91. The highest BCUT2D eigenvalue weighted by molar-refractivity contribution is 5.95. The van der Waals surface area contributed by atoms with E-state index in [1.165, 1.54) is 12.1 Å². The van der Waals surface area contributed by atoms with Crippen molar-refractivity contribution < 1.29 is 14.5 Å². The molecule has 2 heterocycles. The van der Waals surface area contributed by atoms with Crippen LogP contribution in [0.25, 0.3) is 10.9 Å². The van der Waals surface area contributed by atoms with Gasteiger partial charge in [-0.1, -0.05) is 0 Å². The average molecular weight is 284 g/mol. The molecule has 3 aromatic rings. The van der Waals surface area contributed by atoms with Gasteiger partial charge in [0.25, 0.3) is 5.69 Å². The van der Waals surface area contributed by atoms with E-state index in [-0.39, 0.29) is 11.6 Å². The SMILES string of the molecule is O=Cc1[nH]nc2ccc(Oc3ccc([N+](=O)[O-])cn3)cc12. The lowest BCUT2D eigenvalue weighted by Gasteiger charge is -2.04. The molecule has 0 atom stereocenters. The zero-order valence-corrected chi connectivity index (χ0v) is 10.5. The largest absolute Gasteiger partial charge is 0.439 e. The summed E-state index contributed by atoms with van der Waals surface area (Å²) in [5.74, 6) is 0.671. The number of benzene rings is 1. The third kappa shape index (κ3) is 2.41. The highest BCUT2D eigenvalue weighted by atomic mass is 16.6. The summed E-state index contributed by atoms with van der Waals surface area (Å²) in [7, 11) is 0. The fourth-order valence-corrected chi connectivity index (χ4v) is 1.82. The molecule has 0 saturated heterocycles. The predicted molar refractivity (Wildman–Crippen MR) is 72.4 cm³/mol. The maximum absolute atomic E-state index is 10.9. The maximum atomic E-state index is 10.9. The summed E-state index contributed by atoms with van der Waals surface area (Å²) < 4.78 is 5.50. The number of ether oxygens (including phenoxy) is 1. The van der Waals surface area contributed by atoms with Gasteiger partial charge in [-0.25, -0.2) is 4.98 Å². The van der Waals surface area contributed by atoms with Crippen LogP contribution >= 0.6 is 0 Å². The summed E-state index contributed by atoms with van der Waals surface area (Å²) in [4.78, 5) is 24.7. The third-order valence-corrected chi connectivity index (χ3v) is 2.83. The standard InChI is InChI=1S/C13H8N4O4/c18-7-12-10-5-9(2-3-11(10)15-16-12)21-13-4-1-8(6-14-13)17(19)20/h1-7H,(H,15,16). The van der Waals surface area contributed by atoms with Gasteiger partial charge in [-0.2, -0.15) is 5.10 Å². The number of fused-ring (bicyclic) bond motifs is 1. The predicted octanol–water partition coefficient (Wildman–Crippen LogP) is 2.47. The van der Waals surface area contributed by atoms with Crippen LogP contribution in [-0.2, 0) is 0 Å². The van der Waals surface area contributed by atoms with E-state index in [1.54, 1.807) is 18.2 Å². The number of nitro groups is 1. The van der Waals surface area contributed by atoms with Crippen molar-refractivity contribution in [2.45, 2.75) is 0 Å². The normalized spacial score (nSPS) is 10.5. The molecule has 0 aliphatic carbocycles. The number of rotatable bonds is 4. The minimum Gasteiger partial charge on any atom is -0.439 e. The van der Waals surface area contributed by atoms with Crippen molar-refractivity contribution in [3.05, 3.63) is 52.3 Å². The molecule has 2 aromatic heterocycles. The van der Waals surface area contributed by atoms with Gasteiger partial charge in [-0.3, -0.25) is 20.0 Å². The van der Waals surface area contributed by atoms with Gasteiger partial charge in [0.15, 0.2) is 6.29 Å². The lowest BCUT2D eigenvalue weighted by atomic mass is 10.2. The molecule has 8 heteroatoms. The Balaban J connectivity index is 1.90. The summed E-state index contributed by atoms with van der Waals surface area (Å²) >= 11 is 0. The molecule has 21 heavy (non-hydrogen) atoms. The Labute approximate surface area is 117 Å². The van der Waals surface area contributed by atoms with Crippen LogP contribution in [-0.4, -0.2) is 26.4 Å². The van der Waals surface area contributed by atoms with Crippen molar-refractivity contribution in [1.82, 2.24) is 15.2 Å². The first kappa shape index (κ1) is 12.7. The second-order valence-electron chi connectivity index (χ2n) is 4.15. The fourth-order valence-electron chi connectivity index (χ4n) is 1.82. The second-order valence-corrected chi connectivity index (χ2v) is 4.15. The number of hydrogen-bond donors (Lipinski definition) is 1. The first-order valence-corrected chi connectivity index (χ1v) is 5.89. The Morgan fingerprint density at radius 3 is 2.81 bits per heavy atom. The highest BCUT2D eigenvalue weighted by Crippen LogP contribution is 2.25. The molecule has 0 bridgehead atoms. The van der Waals surface area contributed by atoms with Crippen LogP contribution in [0.1, 0.15) is 10.5 Å². The summed E-state index contributed by atoms with van der Waals surface area (Å²) in [6.07, 6.45) is 1.78. The molecule has 1 N–H and O–H groups in total. The topological polar surface area (TPSA) is 111 Å². The van der Waals surface area contributed by atoms with Gasteiger partial charge in [0.2, 0.25) is 5.88 Å². The molecule has 104 valence electrons. The van der Waals surface area contributed by atoms with Gasteiger partial charge in [-0.15, -0.1) is 0 Å². The smallest absolute Gasteiger partial charge is 0.287 e. The van der Waals surface area contributed by atoms with Crippen LogP contribution < -0.4 is 4.74 Å². The van der Waals surface area contributed by atoms with Crippen LogP contribution in [0.15, 0.2) is 36.5 Å². The first-order chi connectivity index (χ1) is 10.2. The average Bonchev–Trinajstić information content (AvgIpc) is 2.90. The third-order valence-electron chi connectivity index (χ3n) is 2.83. The first-order valence-electron chi connectivity index (χ1n) is 5.89. The van der Waals surface area contributed by atoms with Crippen molar-refractivity contribution in [2.24, 2.45) is 0 Å². The molecule has 0 aliphatic rings. The van der Waals surface area contributed by atoms with Gasteiger partial charge in [0.1, 0.15) is 17.6 Å². The Bertz CT molecular complexity index is 826. The Morgan fingerprint density at radius 1 is 1.29 bits per heavy atom. The van der Waals surface area contributed by atoms with Crippen LogP contribution in [0.4, 0.5) is 5.69 Å². The van der Waals surface area contributed by atoms with Gasteiger partial charge in [0, 0.05) is 17.5 Å². The van der Waals surface area contributed by atoms with Gasteiger partial charge >= 0.3 is 0 Å². The summed E-state index contributed by atoms with van der Waals surface area (Å²) in [6.45, 7) is 0. The molecule has 8 nitrogen and oxygen atoms in total. The number of nitrogens with one attached hydrogen (secondary N) is 1. The summed E-state index contributed by atoms with van der Waals surface area (Å²) in [6, 6.07) is 7.71. The maximum Gasteiger partial charge on any atom is 0.287 e. The summed E-state index contributed by atoms with van der Waals surface area (Å²) in [5.41, 5.74) is 0.879. The van der Waals surface area contributed by atoms with Gasteiger partial charge in [-0.05, 0) is 18.2 Å². The van der Waals surface area contributed by atoms with Crippen LogP contribution in [0.5, 0.6) is 11.6 Å². The fraction of sp³-hybridized carbons (Fsp3) is 0. The lowest BCUT2D eigenvalue weighted by molar-refractivity contribution is -0.385. The minimum absolute atomic E-state index is 0.115. The van der Waals surface area contributed by atoms with E-state index < -0.39 is 4.92 Å².